The molecule has 0 saturated heterocycles. The second-order valence-corrected chi connectivity index (χ2v) is 3.89. The van der Waals surface area contributed by atoms with E-state index in [9.17, 15) is 5.21 Å². The highest BCUT2D eigenvalue weighted by Crippen LogP contribution is 2.14. The van der Waals surface area contributed by atoms with E-state index in [-0.39, 0.29) is 0 Å². The van der Waals surface area contributed by atoms with Gasteiger partial charge in [-0.15, -0.1) is 0 Å². The highest BCUT2D eigenvalue weighted by molar-refractivity contribution is 5.81. The van der Waals surface area contributed by atoms with Crippen molar-refractivity contribution < 1.29 is 4.73 Å². The van der Waals surface area contributed by atoms with Crippen LogP contribution in [0.5, 0.6) is 0 Å². The molecule has 0 atom stereocenters. The lowest BCUT2D eigenvalue weighted by Crippen LogP contribution is -2.28. The Morgan fingerprint density at radius 2 is 1.75 bits per heavy atom. The van der Waals surface area contributed by atoms with Crippen molar-refractivity contribution in [3.63, 3.8) is 0 Å². The first-order chi connectivity index (χ1) is 7.75. The Bertz CT molecular complexity index is 692. The van der Waals surface area contributed by atoms with Crippen LogP contribution in [-0.2, 0) is 0 Å². The summed E-state index contributed by atoms with van der Waals surface area (Å²) < 4.78 is 0.949. The Labute approximate surface area is 92.6 Å². The Balaban J connectivity index is 2.56. The van der Waals surface area contributed by atoms with Gasteiger partial charge in [0.1, 0.15) is 11.0 Å². The van der Waals surface area contributed by atoms with Crippen molar-refractivity contribution in [3.8, 4) is 0 Å². The van der Waals surface area contributed by atoms with Gasteiger partial charge in [-0.3, -0.25) is 0 Å². The third-order valence-corrected chi connectivity index (χ3v) is 2.69. The van der Waals surface area contributed by atoms with Crippen molar-refractivity contribution >= 4 is 22.1 Å². The van der Waals surface area contributed by atoms with E-state index in [4.69, 9.17) is 0 Å². The van der Waals surface area contributed by atoms with E-state index < -0.39 is 0 Å². The second-order valence-electron chi connectivity index (χ2n) is 3.89. The van der Waals surface area contributed by atoms with E-state index in [2.05, 4.69) is 4.98 Å². The predicted octanol–water partition coefficient (Wildman–Crippen LogP) is 2.33. The summed E-state index contributed by atoms with van der Waals surface area (Å²) in [5, 5.41) is 12.1. The summed E-state index contributed by atoms with van der Waals surface area (Å²) in [6, 6.07) is 13.1. The molecule has 3 aromatic rings. The van der Waals surface area contributed by atoms with Crippen LogP contribution in [0.15, 0.2) is 42.5 Å². The smallest absolute Gasteiger partial charge is 0.243 e. The van der Waals surface area contributed by atoms with Crippen molar-refractivity contribution in [2.45, 2.75) is 6.92 Å². The van der Waals surface area contributed by atoms with Crippen molar-refractivity contribution in [2.24, 2.45) is 0 Å². The van der Waals surface area contributed by atoms with Gasteiger partial charge in [0.05, 0.1) is 0 Å². The lowest BCUT2D eigenvalue weighted by atomic mass is 10.2. The molecule has 3 nitrogen and oxygen atoms in total. The number of hydrogen-bond acceptors (Lipinski definition) is 2. The molecule has 0 saturated carbocycles. The number of hydrogen-bond donors (Lipinski definition) is 0. The fourth-order valence-electron chi connectivity index (χ4n) is 1.88. The van der Waals surface area contributed by atoms with Crippen LogP contribution >= 0.6 is 0 Å². The molecular formula is C13H10N2O. The minimum absolute atomic E-state index is 0.612. The van der Waals surface area contributed by atoms with Gasteiger partial charge in [-0.1, -0.05) is 18.2 Å². The monoisotopic (exact) mass is 210 g/mol. The third-order valence-electron chi connectivity index (χ3n) is 2.69. The Morgan fingerprint density at radius 1 is 1.00 bits per heavy atom. The van der Waals surface area contributed by atoms with Gasteiger partial charge in [0.15, 0.2) is 0 Å². The molecule has 0 N–H and O–H groups in total. The molecule has 3 rings (SSSR count). The van der Waals surface area contributed by atoms with Crippen LogP contribution in [0.25, 0.3) is 22.1 Å². The van der Waals surface area contributed by atoms with Gasteiger partial charge in [-0.05, 0) is 24.6 Å². The number of fused-ring (bicyclic) bond motifs is 2. The van der Waals surface area contributed by atoms with Gasteiger partial charge < -0.3 is 5.21 Å². The Morgan fingerprint density at radius 3 is 2.62 bits per heavy atom. The molecule has 0 aliphatic rings. The standard InChI is InChI=1S/C13H10N2O/c1-9-6-7-11-13(8-9)15(16)12-5-3-2-4-10(12)14-11/h2-8H,1H3. The highest BCUT2D eigenvalue weighted by Gasteiger charge is 2.10. The lowest BCUT2D eigenvalue weighted by Gasteiger charge is -2.05. The number of nitrogens with zero attached hydrogens (tertiary/aromatic N) is 2. The highest BCUT2D eigenvalue weighted by atomic mass is 16.5. The first kappa shape index (κ1) is 9.09. The number of rotatable bonds is 0. The minimum atomic E-state index is 0.612. The molecule has 0 spiro atoms. The average Bonchev–Trinajstić information content (AvgIpc) is 2.31. The SMILES string of the molecule is Cc1ccc2nc3ccccc3[n+]([O-])c2c1. The third kappa shape index (κ3) is 1.21. The van der Waals surface area contributed by atoms with Crippen molar-refractivity contribution in [1.82, 2.24) is 4.98 Å². The van der Waals surface area contributed by atoms with E-state index in [0.717, 1.165) is 21.3 Å². The van der Waals surface area contributed by atoms with Gasteiger partial charge in [-0.25, -0.2) is 4.98 Å². The zero-order valence-electron chi connectivity index (χ0n) is 8.84. The number of benzene rings is 2. The van der Waals surface area contributed by atoms with E-state index in [0.29, 0.717) is 11.0 Å². The fraction of sp³-hybridized carbons (Fsp3) is 0.0769. The number of aryl methyl sites for hydroxylation is 1. The van der Waals surface area contributed by atoms with Crippen LogP contribution in [0.1, 0.15) is 5.56 Å². The van der Waals surface area contributed by atoms with Gasteiger partial charge in [0.25, 0.3) is 0 Å². The summed E-state index contributed by atoms with van der Waals surface area (Å²) in [5.74, 6) is 0. The van der Waals surface area contributed by atoms with Crippen LogP contribution in [0.3, 0.4) is 0 Å². The van der Waals surface area contributed by atoms with Crippen molar-refractivity contribution in [1.29, 1.82) is 0 Å². The molecule has 0 radical (unpaired) electrons. The summed E-state index contributed by atoms with van der Waals surface area (Å²) >= 11 is 0. The molecular weight excluding hydrogens is 200 g/mol. The van der Waals surface area contributed by atoms with E-state index in [1.165, 1.54) is 0 Å². The fourth-order valence-corrected chi connectivity index (χ4v) is 1.88. The molecule has 2 aromatic carbocycles. The van der Waals surface area contributed by atoms with Crippen LogP contribution < -0.4 is 4.73 Å². The van der Waals surface area contributed by atoms with Gasteiger partial charge in [0.2, 0.25) is 11.0 Å². The van der Waals surface area contributed by atoms with E-state index in [1.807, 2.05) is 43.3 Å². The molecule has 0 unspecified atom stereocenters. The van der Waals surface area contributed by atoms with E-state index >= 15 is 0 Å². The summed E-state index contributed by atoms with van der Waals surface area (Å²) in [6.07, 6.45) is 0. The molecule has 3 heteroatoms. The molecule has 1 aromatic heterocycles. The largest absolute Gasteiger partial charge is 0.618 e. The molecule has 0 fully saturated rings. The minimum Gasteiger partial charge on any atom is -0.618 e. The van der Waals surface area contributed by atoms with Crippen LogP contribution in [0.4, 0.5) is 0 Å². The van der Waals surface area contributed by atoms with Crippen molar-refractivity contribution in [3.05, 3.63) is 53.2 Å². The maximum Gasteiger partial charge on any atom is 0.243 e. The summed E-state index contributed by atoms with van der Waals surface area (Å²) in [6.45, 7) is 1.97. The zero-order valence-corrected chi connectivity index (χ0v) is 8.84. The van der Waals surface area contributed by atoms with Gasteiger partial charge in [-0.2, -0.15) is 4.73 Å². The molecule has 0 amide bonds. The first-order valence-electron chi connectivity index (χ1n) is 5.14. The molecule has 0 aliphatic carbocycles. The van der Waals surface area contributed by atoms with Gasteiger partial charge in [0, 0.05) is 12.1 Å². The Hall–Kier alpha value is -2.16. The molecule has 1 heterocycles. The lowest BCUT2D eigenvalue weighted by molar-refractivity contribution is -0.548. The van der Waals surface area contributed by atoms with Crippen LogP contribution in [0, 0.1) is 12.1 Å². The quantitative estimate of drug-likeness (QED) is 0.324. The summed E-state index contributed by atoms with van der Waals surface area (Å²) in [7, 11) is 0. The van der Waals surface area contributed by atoms with E-state index in [1.54, 1.807) is 6.07 Å². The summed E-state index contributed by atoms with van der Waals surface area (Å²) in [4.78, 5) is 4.46. The molecule has 0 bridgehead atoms. The average molecular weight is 210 g/mol. The molecule has 16 heavy (non-hydrogen) atoms. The first-order valence-corrected chi connectivity index (χ1v) is 5.14. The zero-order chi connectivity index (χ0) is 11.1. The van der Waals surface area contributed by atoms with Crippen molar-refractivity contribution in [2.75, 3.05) is 0 Å². The number of para-hydroxylation sites is 2. The Kier molecular flexibility index (Phi) is 1.80. The topological polar surface area (TPSA) is 39.8 Å². The second kappa shape index (κ2) is 3.17. The van der Waals surface area contributed by atoms with Crippen LogP contribution in [0.2, 0.25) is 0 Å². The maximum atomic E-state index is 12.1. The molecule has 0 aliphatic heterocycles. The maximum absolute atomic E-state index is 12.1. The van der Waals surface area contributed by atoms with Crippen LogP contribution in [-0.4, -0.2) is 4.98 Å². The molecule has 78 valence electrons. The predicted molar refractivity (Wildman–Crippen MR) is 62.9 cm³/mol. The van der Waals surface area contributed by atoms with Gasteiger partial charge >= 0.3 is 0 Å². The summed E-state index contributed by atoms with van der Waals surface area (Å²) in [5.41, 5.74) is 3.77. The number of aromatic nitrogens is 2. The normalized spacial score (nSPS) is 11.1.